The molecule has 0 aromatic heterocycles. The lowest BCUT2D eigenvalue weighted by molar-refractivity contribution is 0.586. The average molecular weight is 221 g/mol. The zero-order valence-electron chi connectivity index (χ0n) is 7.52. The SMILES string of the molecule is CC(Cl)C(C)c1c(F)cccc1Cl. The van der Waals surface area contributed by atoms with Gasteiger partial charge >= 0.3 is 0 Å². The molecule has 0 N–H and O–H groups in total. The van der Waals surface area contributed by atoms with Crippen LogP contribution in [0, 0.1) is 5.82 Å². The van der Waals surface area contributed by atoms with Gasteiger partial charge in [0.2, 0.25) is 0 Å². The Morgan fingerprint density at radius 1 is 1.31 bits per heavy atom. The fraction of sp³-hybridized carbons (Fsp3) is 0.400. The van der Waals surface area contributed by atoms with Crippen LogP contribution in [0.25, 0.3) is 0 Å². The molecule has 0 bridgehead atoms. The van der Waals surface area contributed by atoms with Gasteiger partial charge in [-0.2, -0.15) is 0 Å². The van der Waals surface area contributed by atoms with Crippen molar-refractivity contribution in [3.63, 3.8) is 0 Å². The number of hydrogen-bond donors (Lipinski definition) is 0. The molecule has 0 nitrogen and oxygen atoms in total. The van der Waals surface area contributed by atoms with Gasteiger partial charge in [0.05, 0.1) is 0 Å². The maximum atomic E-state index is 13.3. The highest BCUT2D eigenvalue weighted by Gasteiger charge is 2.18. The van der Waals surface area contributed by atoms with Crippen LogP contribution < -0.4 is 0 Å². The highest BCUT2D eigenvalue weighted by molar-refractivity contribution is 6.31. The zero-order valence-corrected chi connectivity index (χ0v) is 9.03. The lowest BCUT2D eigenvalue weighted by Crippen LogP contribution is -2.07. The molecule has 1 rings (SSSR count). The fourth-order valence-corrected chi connectivity index (χ4v) is 1.64. The van der Waals surface area contributed by atoms with E-state index in [2.05, 4.69) is 0 Å². The van der Waals surface area contributed by atoms with Crippen LogP contribution in [0.3, 0.4) is 0 Å². The molecular weight excluding hydrogens is 210 g/mol. The van der Waals surface area contributed by atoms with E-state index < -0.39 is 0 Å². The summed E-state index contributed by atoms with van der Waals surface area (Å²) in [5.41, 5.74) is 0.506. The summed E-state index contributed by atoms with van der Waals surface area (Å²) in [7, 11) is 0. The molecule has 0 aliphatic rings. The van der Waals surface area contributed by atoms with Gasteiger partial charge < -0.3 is 0 Å². The minimum absolute atomic E-state index is 0.0737. The highest BCUT2D eigenvalue weighted by Crippen LogP contribution is 2.31. The lowest BCUT2D eigenvalue weighted by atomic mass is 9.98. The van der Waals surface area contributed by atoms with Crippen molar-refractivity contribution in [3.8, 4) is 0 Å². The first-order chi connectivity index (χ1) is 6.04. The van der Waals surface area contributed by atoms with Gasteiger partial charge in [0.15, 0.2) is 0 Å². The maximum absolute atomic E-state index is 13.3. The van der Waals surface area contributed by atoms with E-state index in [0.29, 0.717) is 10.6 Å². The van der Waals surface area contributed by atoms with Crippen LogP contribution in [0.15, 0.2) is 18.2 Å². The second-order valence-corrected chi connectivity index (χ2v) is 4.20. The summed E-state index contributed by atoms with van der Waals surface area (Å²) in [6, 6.07) is 4.67. The Hall–Kier alpha value is -0.270. The molecule has 0 saturated heterocycles. The van der Waals surface area contributed by atoms with Gasteiger partial charge in [-0.15, -0.1) is 11.6 Å². The number of halogens is 3. The predicted molar refractivity (Wildman–Crippen MR) is 55.1 cm³/mol. The molecule has 2 atom stereocenters. The van der Waals surface area contributed by atoms with Crippen molar-refractivity contribution in [1.82, 2.24) is 0 Å². The summed E-state index contributed by atoms with van der Waals surface area (Å²) >= 11 is 11.8. The first kappa shape index (κ1) is 10.8. The minimum atomic E-state index is -0.285. The van der Waals surface area contributed by atoms with Crippen molar-refractivity contribution in [2.45, 2.75) is 25.1 Å². The molecule has 13 heavy (non-hydrogen) atoms. The van der Waals surface area contributed by atoms with E-state index in [9.17, 15) is 4.39 Å². The summed E-state index contributed by atoms with van der Waals surface area (Å²) in [5, 5.41) is 0.314. The molecule has 1 aromatic rings. The standard InChI is InChI=1S/C10H11Cl2F/c1-6(7(2)11)10-8(12)4-3-5-9(10)13/h3-7H,1-2H3. The summed E-state index contributed by atoms with van der Waals surface area (Å²) < 4.78 is 13.3. The largest absolute Gasteiger partial charge is 0.207 e. The molecule has 0 aliphatic carbocycles. The second kappa shape index (κ2) is 4.30. The van der Waals surface area contributed by atoms with E-state index in [0.717, 1.165) is 0 Å². The van der Waals surface area contributed by atoms with Gasteiger partial charge in [-0.25, -0.2) is 4.39 Å². The van der Waals surface area contributed by atoms with Crippen LogP contribution in [0.4, 0.5) is 4.39 Å². The van der Waals surface area contributed by atoms with E-state index in [1.165, 1.54) is 6.07 Å². The Morgan fingerprint density at radius 3 is 2.38 bits per heavy atom. The molecular formula is C10H11Cl2F. The predicted octanol–water partition coefficient (Wildman–Crippen LogP) is 4.21. The normalized spacial score (nSPS) is 15.5. The van der Waals surface area contributed by atoms with Gasteiger partial charge in [0.1, 0.15) is 5.82 Å². The molecule has 0 fully saturated rings. The number of hydrogen-bond acceptors (Lipinski definition) is 0. The Bertz CT molecular complexity index is 277. The molecule has 0 radical (unpaired) electrons. The van der Waals surface area contributed by atoms with Crippen LogP contribution in [0.1, 0.15) is 25.3 Å². The third-order valence-electron chi connectivity index (χ3n) is 2.14. The van der Waals surface area contributed by atoms with Crippen LogP contribution >= 0.6 is 23.2 Å². The van der Waals surface area contributed by atoms with Crippen LogP contribution in [0.2, 0.25) is 5.02 Å². The molecule has 0 heterocycles. The highest BCUT2D eigenvalue weighted by atomic mass is 35.5. The minimum Gasteiger partial charge on any atom is -0.207 e. The maximum Gasteiger partial charge on any atom is 0.128 e. The smallest absolute Gasteiger partial charge is 0.128 e. The van der Waals surface area contributed by atoms with Crippen molar-refractivity contribution in [2.24, 2.45) is 0 Å². The van der Waals surface area contributed by atoms with Gasteiger partial charge in [-0.1, -0.05) is 24.6 Å². The molecule has 1 aromatic carbocycles. The van der Waals surface area contributed by atoms with Crippen molar-refractivity contribution in [3.05, 3.63) is 34.6 Å². The van der Waals surface area contributed by atoms with Crippen LogP contribution in [-0.4, -0.2) is 5.38 Å². The Balaban J connectivity index is 3.12. The molecule has 0 saturated carbocycles. The Morgan fingerprint density at radius 2 is 1.92 bits per heavy atom. The van der Waals surface area contributed by atoms with Crippen LogP contribution in [-0.2, 0) is 0 Å². The monoisotopic (exact) mass is 220 g/mol. The van der Waals surface area contributed by atoms with Gasteiger partial charge in [0.25, 0.3) is 0 Å². The van der Waals surface area contributed by atoms with Gasteiger partial charge in [-0.05, 0) is 19.1 Å². The lowest BCUT2D eigenvalue weighted by Gasteiger charge is -2.16. The summed E-state index contributed by atoms with van der Waals surface area (Å²) in [5.74, 6) is -0.358. The number of rotatable bonds is 2. The molecule has 0 aliphatic heterocycles. The first-order valence-corrected chi connectivity index (χ1v) is 4.93. The average Bonchev–Trinajstić information content (AvgIpc) is 2.03. The van der Waals surface area contributed by atoms with Crippen molar-refractivity contribution in [1.29, 1.82) is 0 Å². The molecule has 2 unspecified atom stereocenters. The first-order valence-electron chi connectivity index (χ1n) is 4.12. The van der Waals surface area contributed by atoms with E-state index >= 15 is 0 Å². The molecule has 72 valence electrons. The number of alkyl halides is 1. The second-order valence-electron chi connectivity index (χ2n) is 3.10. The number of benzene rings is 1. The van der Waals surface area contributed by atoms with E-state index in [1.54, 1.807) is 12.1 Å². The topological polar surface area (TPSA) is 0 Å². The molecule has 3 heteroatoms. The van der Waals surface area contributed by atoms with E-state index in [-0.39, 0.29) is 17.1 Å². The van der Waals surface area contributed by atoms with Crippen LogP contribution in [0.5, 0.6) is 0 Å². The van der Waals surface area contributed by atoms with Crippen molar-refractivity contribution in [2.75, 3.05) is 0 Å². The summed E-state index contributed by atoms with van der Waals surface area (Å²) in [6.45, 7) is 3.69. The van der Waals surface area contributed by atoms with Crippen molar-refractivity contribution >= 4 is 23.2 Å². The zero-order chi connectivity index (χ0) is 10.0. The third kappa shape index (κ3) is 2.35. The fourth-order valence-electron chi connectivity index (χ4n) is 1.18. The van der Waals surface area contributed by atoms with E-state index in [4.69, 9.17) is 23.2 Å². The van der Waals surface area contributed by atoms with Crippen molar-refractivity contribution < 1.29 is 4.39 Å². The Labute approximate surface area is 87.7 Å². The molecule has 0 spiro atoms. The van der Waals surface area contributed by atoms with Gasteiger partial charge in [-0.3, -0.25) is 0 Å². The summed E-state index contributed by atoms with van der Waals surface area (Å²) in [6.07, 6.45) is 0. The third-order valence-corrected chi connectivity index (χ3v) is 2.85. The molecule has 0 amide bonds. The van der Waals surface area contributed by atoms with E-state index in [1.807, 2.05) is 13.8 Å². The van der Waals surface area contributed by atoms with Gasteiger partial charge in [0, 0.05) is 21.9 Å². The Kier molecular flexibility index (Phi) is 3.57. The summed E-state index contributed by atoms with van der Waals surface area (Å²) in [4.78, 5) is 0. The quantitative estimate of drug-likeness (QED) is 0.656.